The molecule has 0 radical (unpaired) electrons. The second-order valence-electron chi connectivity index (χ2n) is 4.23. The minimum Gasteiger partial charge on any atom is -0.306 e. The number of amides is 1. The van der Waals surface area contributed by atoms with Gasteiger partial charge in [0.1, 0.15) is 5.82 Å². The molecular formula is C14H12F2N2O. The van der Waals surface area contributed by atoms with Gasteiger partial charge < -0.3 is 5.32 Å². The predicted molar refractivity (Wildman–Crippen MR) is 68.0 cm³/mol. The number of hydrogen-bond acceptors (Lipinski definition) is 2. The third kappa shape index (κ3) is 2.93. The van der Waals surface area contributed by atoms with Crippen molar-refractivity contribution in [1.82, 2.24) is 4.98 Å². The van der Waals surface area contributed by atoms with Crippen LogP contribution in [0.2, 0.25) is 0 Å². The van der Waals surface area contributed by atoms with Crippen LogP contribution < -0.4 is 5.32 Å². The molecule has 1 N–H and O–H groups in total. The molecule has 5 heteroatoms. The van der Waals surface area contributed by atoms with E-state index >= 15 is 0 Å². The topological polar surface area (TPSA) is 42.0 Å². The molecule has 0 saturated carbocycles. The van der Waals surface area contributed by atoms with Crippen LogP contribution in [-0.2, 0) is 0 Å². The Morgan fingerprint density at radius 2 is 1.95 bits per heavy atom. The normalized spacial score (nSPS) is 10.3. The zero-order valence-corrected chi connectivity index (χ0v) is 10.5. The number of hydrogen-bond donors (Lipinski definition) is 1. The first-order valence-electron chi connectivity index (χ1n) is 5.68. The molecule has 1 aromatic carbocycles. The van der Waals surface area contributed by atoms with E-state index in [0.29, 0.717) is 5.82 Å². The first-order chi connectivity index (χ1) is 8.97. The molecule has 1 amide bonds. The Morgan fingerprint density at radius 1 is 1.21 bits per heavy atom. The summed E-state index contributed by atoms with van der Waals surface area (Å²) >= 11 is 0. The maximum Gasteiger partial charge on any atom is 0.259 e. The van der Waals surface area contributed by atoms with Crippen molar-refractivity contribution in [2.24, 2.45) is 0 Å². The van der Waals surface area contributed by atoms with Crippen LogP contribution in [-0.4, -0.2) is 10.9 Å². The van der Waals surface area contributed by atoms with Gasteiger partial charge in [0.2, 0.25) is 0 Å². The minimum atomic E-state index is -1.16. The molecule has 0 saturated heterocycles. The Morgan fingerprint density at radius 3 is 2.63 bits per heavy atom. The summed E-state index contributed by atoms with van der Waals surface area (Å²) in [5.41, 5.74) is 1.30. The van der Waals surface area contributed by atoms with E-state index in [-0.39, 0.29) is 5.56 Å². The number of pyridine rings is 1. The van der Waals surface area contributed by atoms with Gasteiger partial charge in [0.15, 0.2) is 11.6 Å². The van der Waals surface area contributed by atoms with E-state index in [2.05, 4.69) is 10.3 Å². The van der Waals surface area contributed by atoms with E-state index in [1.165, 1.54) is 12.1 Å². The summed E-state index contributed by atoms with van der Waals surface area (Å²) in [7, 11) is 0. The number of rotatable bonds is 2. The van der Waals surface area contributed by atoms with Crippen molar-refractivity contribution in [3.05, 3.63) is 58.8 Å². The molecular weight excluding hydrogens is 250 g/mol. The minimum absolute atomic E-state index is 0.311. The van der Waals surface area contributed by atoms with E-state index in [9.17, 15) is 13.6 Å². The average Bonchev–Trinajstić information content (AvgIpc) is 2.31. The number of halogens is 2. The molecule has 0 unspecified atom stereocenters. The molecule has 0 spiro atoms. The molecule has 0 atom stereocenters. The lowest BCUT2D eigenvalue weighted by Crippen LogP contribution is -2.15. The monoisotopic (exact) mass is 262 g/mol. The van der Waals surface area contributed by atoms with Crippen LogP contribution in [0.5, 0.6) is 0 Å². The van der Waals surface area contributed by atoms with Gasteiger partial charge in [-0.2, -0.15) is 0 Å². The molecule has 2 rings (SSSR count). The average molecular weight is 262 g/mol. The largest absolute Gasteiger partial charge is 0.306 e. The molecule has 98 valence electrons. The molecule has 2 aromatic rings. The molecule has 19 heavy (non-hydrogen) atoms. The van der Waals surface area contributed by atoms with Crippen molar-refractivity contribution in [2.75, 3.05) is 5.32 Å². The van der Waals surface area contributed by atoms with Crippen LogP contribution in [0.25, 0.3) is 0 Å². The highest BCUT2D eigenvalue weighted by atomic mass is 19.2. The molecule has 0 aliphatic rings. The second kappa shape index (κ2) is 5.14. The van der Waals surface area contributed by atoms with Crippen LogP contribution in [0.4, 0.5) is 14.6 Å². The van der Waals surface area contributed by atoms with Gasteiger partial charge in [-0.25, -0.2) is 13.8 Å². The van der Waals surface area contributed by atoms with Crippen molar-refractivity contribution in [3.63, 3.8) is 0 Å². The van der Waals surface area contributed by atoms with Gasteiger partial charge in [-0.3, -0.25) is 4.79 Å². The number of benzene rings is 1. The summed E-state index contributed by atoms with van der Waals surface area (Å²) in [6.45, 7) is 3.64. The van der Waals surface area contributed by atoms with Crippen molar-refractivity contribution in [2.45, 2.75) is 13.8 Å². The summed E-state index contributed by atoms with van der Waals surface area (Å²) in [5, 5.41) is 2.45. The third-order valence-corrected chi connectivity index (χ3v) is 2.54. The molecule has 0 aliphatic heterocycles. The van der Waals surface area contributed by atoms with Gasteiger partial charge in [-0.15, -0.1) is 0 Å². The highest BCUT2D eigenvalue weighted by Gasteiger charge is 2.15. The van der Waals surface area contributed by atoms with E-state index in [1.54, 1.807) is 13.0 Å². The fourth-order valence-electron chi connectivity index (χ4n) is 1.77. The summed E-state index contributed by atoms with van der Waals surface area (Å²) in [6.07, 6.45) is 0. The van der Waals surface area contributed by atoms with Crippen molar-refractivity contribution < 1.29 is 13.6 Å². The smallest absolute Gasteiger partial charge is 0.259 e. The number of aromatic nitrogens is 1. The highest BCUT2D eigenvalue weighted by molar-refractivity contribution is 6.04. The SMILES string of the molecule is Cc1cc(C)nc(NC(=O)c2cccc(F)c2F)c1. The van der Waals surface area contributed by atoms with Gasteiger partial charge in [0.25, 0.3) is 5.91 Å². The summed E-state index contributed by atoms with van der Waals surface area (Å²) in [6, 6.07) is 6.96. The highest BCUT2D eigenvalue weighted by Crippen LogP contribution is 2.14. The van der Waals surface area contributed by atoms with Gasteiger partial charge in [-0.1, -0.05) is 6.07 Å². The van der Waals surface area contributed by atoms with Crippen molar-refractivity contribution >= 4 is 11.7 Å². The lowest BCUT2D eigenvalue weighted by Gasteiger charge is -2.07. The predicted octanol–water partition coefficient (Wildman–Crippen LogP) is 3.23. The number of carbonyl (C=O) groups is 1. The van der Waals surface area contributed by atoms with Gasteiger partial charge in [-0.05, 0) is 43.7 Å². The molecule has 1 heterocycles. The van der Waals surface area contributed by atoms with Crippen LogP contribution in [0, 0.1) is 25.5 Å². The van der Waals surface area contributed by atoms with Gasteiger partial charge in [0, 0.05) is 5.69 Å². The summed E-state index contributed by atoms with van der Waals surface area (Å²) in [4.78, 5) is 16.0. The van der Waals surface area contributed by atoms with Crippen molar-refractivity contribution in [3.8, 4) is 0 Å². The molecule has 3 nitrogen and oxygen atoms in total. The summed E-state index contributed by atoms with van der Waals surface area (Å²) < 4.78 is 26.5. The van der Waals surface area contributed by atoms with Crippen LogP contribution in [0.15, 0.2) is 30.3 Å². The lowest BCUT2D eigenvalue weighted by atomic mass is 10.2. The number of nitrogens with zero attached hydrogens (tertiary/aromatic N) is 1. The van der Waals surface area contributed by atoms with Crippen LogP contribution in [0.1, 0.15) is 21.6 Å². The maximum atomic E-state index is 13.5. The zero-order valence-electron chi connectivity index (χ0n) is 10.5. The fourth-order valence-corrected chi connectivity index (χ4v) is 1.77. The van der Waals surface area contributed by atoms with Crippen LogP contribution in [0.3, 0.4) is 0 Å². The summed E-state index contributed by atoms with van der Waals surface area (Å²) in [5.74, 6) is -2.63. The second-order valence-corrected chi connectivity index (χ2v) is 4.23. The molecule has 0 aliphatic carbocycles. The maximum absolute atomic E-state index is 13.5. The quantitative estimate of drug-likeness (QED) is 0.902. The fraction of sp³-hybridized carbons (Fsp3) is 0.143. The van der Waals surface area contributed by atoms with Gasteiger partial charge >= 0.3 is 0 Å². The third-order valence-electron chi connectivity index (χ3n) is 2.54. The standard InChI is InChI=1S/C14H12F2N2O/c1-8-6-9(2)17-12(7-8)18-14(19)10-4-3-5-11(15)13(10)16/h3-7H,1-2H3,(H,17,18,19). The number of nitrogens with one attached hydrogen (secondary N) is 1. The Hall–Kier alpha value is -2.30. The van der Waals surface area contributed by atoms with E-state index in [1.807, 2.05) is 13.0 Å². The zero-order chi connectivity index (χ0) is 14.0. The first-order valence-corrected chi connectivity index (χ1v) is 5.68. The Bertz CT molecular complexity index is 621. The number of carbonyl (C=O) groups excluding carboxylic acids is 1. The number of anilines is 1. The van der Waals surface area contributed by atoms with E-state index in [0.717, 1.165) is 17.3 Å². The Kier molecular flexibility index (Phi) is 3.55. The van der Waals surface area contributed by atoms with E-state index < -0.39 is 17.5 Å². The van der Waals surface area contributed by atoms with E-state index in [4.69, 9.17) is 0 Å². The molecule has 0 bridgehead atoms. The molecule has 0 fully saturated rings. The lowest BCUT2D eigenvalue weighted by molar-refractivity contribution is 0.102. The Balaban J connectivity index is 2.28. The Labute approximate surface area is 109 Å². The van der Waals surface area contributed by atoms with Gasteiger partial charge in [0.05, 0.1) is 5.56 Å². The first kappa shape index (κ1) is 13.1. The molecule has 1 aromatic heterocycles. The van der Waals surface area contributed by atoms with Crippen molar-refractivity contribution in [1.29, 1.82) is 0 Å². The van der Waals surface area contributed by atoms with Crippen LogP contribution >= 0.6 is 0 Å². The number of aryl methyl sites for hydroxylation is 2.